The number of ether oxygens (including phenoxy) is 2. The molecule has 0 saturated heterocycles. The third-order valence-corrected chi connectivity index (χ3v) is 8.72. The molecular formula is C36H54O4S. The van der Waals surface area contributed by atoms with Gasteiger partial charge in [-0.05, 0) is 55.5 Å². The van der Waals surface area contributed by atoms with Gasteiger partial charge >= 0.3 is 11.9 Å². The summed E-state index contributed by atoms with van der Waals surface area (Å²) in [5, 5.41) is 0. The van der Waals surface area contributed by atoms with Crippen LogP contribution >= 0.6 is 11.8 Å². The van der Waals surface area contributed by atoms with Gasteiger partial charge in [-0.15, -0.1) is 0 Å². The van der Waals surface area contributed by atoms with Gasteiger partial charge in [-0.3, -0.25) is 0 Å². The van der Waals surface area contributed by atoms with E-state index in [9.17, 15) is 9.59 Å². The predicted molar refractivity (Wildman–Crippen MR) is 174 cm³/mol. The van der Waals surface area contributed by atoms with Crippen molar-refractivity contribution in [3.8, 4) is 0 Å². The fraction of sp³-hybridized carbons (Fsp3) is 0.611. The Morgan fingerprint density at radius 2 is 1.12 bits per heavy atom. The van der Waals surface area contributed by atoms with E-state index in [0.29, 0.717) is 24.2 Å². The van der Waals surface area contributed by atoms with Crippen LogP contribution in [0.15, 0.2) is 60.7 Å². The molecular weight excluding hydrogens is 528 g/mol. The summed E-state index contributed by atoms with van der Waals surface area (Å²) in [4.78, 5) is 25.0. The van der Waals surface area contributed by atoms with Crippen molar-refractivity contribution in [3.05, 3.63) is 71.8 Å². The SMILES string of the molecule is CCCCCCCCCCCCCCCCSCC(COC(=O)c1ccccc1)CC(C)OC(=O)c1ccccc1. The van der Waals surface area contributed by atoms with Gasteiger partial charge in [0.25, 0.3) is 0 Å². The van der Waals surface area contributed by atoms with Crippen molar-refractivity contribution < 1.29 is 19.1 Å². The van der Waals surface area contributed by atoms with Gasteiger partial charge in [-0.2, -0.15) is 11.8 Å². The zero-order valence-corrected chi connectivity index (χ0v) is 26.5. The van der Waals surface area contributed by atoms with Crippen LogP contribution in [0.25, 0.3) is 0 Å². The largest absolute Gasteiger partial charge is 0.462 e. The Morgan fingerprint density at radius 1 is 0.659 bits per heavy atom. The van der Waals surface area contributed by atoms with Gasteiger partial charge in [0, 0.05) is 5.92 Å². The van der Waals surface area contributed by atoms with Crippen LogP contribution in [0.2, 0.25) is 0 Å². The summed E-state index contributed by atoms with van der Waals surface area (Å²) in [6.07, 6.45) is 19.6. The first kappa shape index (κ1) is 34.9. The van der Waals surface area contributed by atoms with Gasteiger partial charge in [-0.1, -0.05) is 127 Å². The summed E-state index contributed by atoms with van der Waals surface area (Å²) in [6, 6.07) is 18.2. The maximum Gasteiger partial charge on any atom is 0.338 e. The van der Waals surface area contributed by atoms with Crippen molar-refractivity contribution in [1.29, 1.82) is 0 Å². The van der Waals surface area contributed by atoms with E-state index in [2.05, 4.69) is 6.92 Å². The van der Waals surface area contributed by atoms with Crippen LogP contribution < -0.4 is 0 Å². The lowest BCUT2D eigenvalue weighted by Crippen LogP contribution is -2.24. The van der Waals surface area contributed by atoms with Crippen molar-refractivity contribution in [2.45, 2.75) is 116 Å². The molecule has 0 aliphatic rings. The molecule has 4 nitrogen and oxygen atoms in total. The number of hydrogen-bond acceptors (Lipinski definition) is 5. The lowest BCUT2D eigenvalue weighted by Gasteiger charge is -2.21. The molecule has 0 fully saturated rings. The van der Waals surface area contributed by atoms with Crippen LogP contribution in [-0.2, 0) is 9.47 Å². The monoisotopic (exact) mass is 582 g/mol. The molecule has 0 aliphatic carbocycles. The quantitative estimate of drug-likeness (QED) is 0.0910. The highest BCUT2D eigenvalue weighted by Gasteiger charge is 2.20. The molecule has 0 radical (unpaired) electrons. The first-order valence-corrected chi connectivity index (χ1v) is 17.3. The molecule has 2 rings (SSSR count). The Kier molecular flexibility index (Phi) is 19.9. The van der Waals surface area contributed by atoms with E-state index in [-0.39, 0.29) is 24.0 Å². The number of rotatable bonds is 24. The van der Waals surface area contributed by atoms with Crippen molar-refractivity contribution in [1.82, 2.24) is 0 Å². The predicted octanol–water partition coefficient (Wildman–Crippen LogP) is 10.3. The molecule has 41 heavy (non-hydrogen) atoms. The molecule has 2 atom stereocenters. The maximum absolute atomic E-state index is 12.5. The van der Waals surface area contributed by atoms with Crippen LogP contribution in [-0.4, -0.2) is 36.2 Å². The summed E-state index contributed by atoms with van der Waals surface area (Å²) in [5.74, 6) is 1.50. The Hall–Kier alpha value is -2.27. The van der Waals surface area contributed by atoms with Crippen molar-refractivity contribution >= 4 is 23.7 Å². The minimum absolute atomic E-state index is 0.123. The summed E-state index contributed by atoms with van der Waals surface area (Å²) in [5.41, 5.74) is 1.11. The van der Waals surface area contributed by atoms with E-state index < -0.39 is 0 Å². The molecule has 2 aromatic carbocycles. The molecule has 5 heteroatoms. The highest BCUT2D eigenvalue weighted by molar-refractivity contribution is 7.99. The number of thioether (sulfide) groups is 1. The van der Waals surface area contributed by atoms with Gasteiger partial charge < -0.3 is 9.47 Å². The number of carbonyl (C=O) groups is 2. The second-order valence-electron chi connectivity index (χ2n) is 11.3. The maximum atomic E-state index is 12.5. The van der Waals surface area contributed by atoms with E-state index in [1.54, 1.807) is 24.3 Å². The van der Waals surface area contributed by atoms with Crippen molar-refractivity contribution in [2.75, 3.05) is 18.1 Å². The number of hydrogen-bond donors (Lipinski definition) is 0. The molecule has 0 heterocycles. The topological polar surface area (TPSA) is 52.6 Å². The van der Waals surface area contributed by atoms with Crippen LogP contribution in [0, 0.1) is 5.92 Å². The second-order valence-corrected chi connectivity index (χ2v) is 12.5. The normalized spacial score (nSPS) is 12.5. The third kappa shape index (κ3) is 17.3. The van der Waals surface area contributed by atoms with Gasteiger partial charge in [-0.25, -0.2) is 9.59 Å². The van der Waals surface area contributed by atoms with Crippen LogP contribution in [0.4, 0.5) is 0 Å². The molecule has 0 aromatic heterocycles. The van der Waals surface area contributed by atoms with E-state index in [0.717, 1.165) is 11.5 Å². The summed E-state index contributed by atoms with van der Waals surface area (Å²) in [7, 11) is 0. The smallest absolute Gasteiger partial charge is 0.338 e. The summed E-state index contributed by atoms with van der Waals surface area (Å²) in [6.45, 7) is 4.53. The zero-order valence-electron chi connectivity index (χ0n) is 25.7. The summed E-state index contributed by atoms with van der Waals surface area (Å²) >= 11 is 1.92. The standard InChI is InChI=1S/C36H54O4S/c1-3-4-5-6-7-8-9-10-11-12-13-14-15-22-27-41-30-32(29-39-35(37)33-23-18-16-19-24-33)28-31(2)40-36(38)34-25-20-17-21-26-34/h16-21,23-26,31-32H,3-15,22,27-30H2,1-2H3. The molecule has 0 saturated carbocycles. The van der Waals surface area contributed by atoms with Crippen molar-refractivity contribution in [2.24, 2.45) is 5.92 Å². The molecule has 0 N–H and O–H groups in total. The van der Waals surface area contributed by atoms with Crippen LogP contribution in [0.5, 0.6) is 0 Å². The highest BCUT2D eigenvalue weighted by Crippen LogP contribution is 2.20. The Labute approximate surface area is 254 Å². The zero-order chi connectivity index (χ0) is 29.4. The molecule has 0 bridgehead atoms. The molecule has 0 aliphatic heterocycles. The van der Waals surface area contributed by atoms with Gasteiger partial charge in [0.1, 0.15) is 0 Å². The van der Waals surface area contributed by atoms with E-state index in [1.807, 2.05) is 55.1 Å². The summed E-state index contributed by atoms with van der Waals surface area (Å²) < 4.78 is 11.4. The van der Waals surface area contributed by atoms with Crippen LogP contribution in [0.1, 0.15) is 131 Å². The number of unbranched alkanes of at least 4 members (excludes halogenated alkanes) is 13. The molecule has 228 valence electrons. The fourth-order valence-corrected chi connectivity index (χ4v) is 6.17. The lowest BCUT2D eigenvalue weighted by atomic mass is 10.0. The van der Waals surface area contributed by atoms with Gasteiger partial charge in [0.05, 0.1) is 23.8 Å². The second kappa shape index (κ2) is 23.3. The molecule has 2 aromatic rings. The first-order valence-electron chi connectivity index (χ1n) is 16.2. The molecule has 0 spiro atoms. The van der Waals surface area contributed by atoms with E-state index in [4.69, 9.17) is 9.47 Å². The van der Waals surface area contributed by atoms with Crippen LogP contribution in [0.3, 0.4) is 0 Å². The first-order chi connectivity index (χ1) is 20.1. The lowest BCUT2D eigenvalue weighted by molar-refractivity contribution is 0.0218. The minimum Gasteiger partial charge on any atom is -0.462 e. The molecule has 2 unspecified atom stereocenters. The van der Waals surface area contributed by atoms with Crippen molar-refractivity contribution in [3.63, 3.8) is 0 Å². The Morgan fingerprint density at radius 3 is 1.63 bits per heavy atom. The Bertz CT molecular complexity index is 918. The van der Waals surface area contributed by atoms with Gasteiger partial charge in [0.15, 0.2) is 0 Å². The number of carbonyl (C=O) groups excluding carboxylic acids is 2. The van der Waals surface area contributed by atoms with E-state index >= 15 is 0 Å². The minimum atomic E-state index is -0.312. The average molecular weight is 583 g/mol. The fourth-order valence-electron chi connectivity index (χ4n) is 5.03. The number of benzene rings is 2. The number of esters is 2. The average Bonchev–Trinajstić information content (AvgIpc) is 3.00. The van der Waals surface area contributed by atoms with E-state index in [1.165, 1.54) is 89.9 Å². The molecule has 0 amide bonds. The highest BCUT2D eigenvalue weighted by atomic mass is 32.2. The van der Waals surface area contributed by atoms with Gasteiger partial charge in [0.2, 0.25) is 0 Å². The Balaban J connectivity index is 1.62. The third-order valence-electron chi connectivity index (χ3n) is 7.44.